The number of nitrogens with one attached hydrogen (secondary N) is 1. The van der Waals surface area contributed by atoms with E-state index in [0.717, 1.165) is 49.4 Å². The van der Waals surface area contributed by atoms with Gasteiger partial charge < -0.3 is 4.90 Å². The average Bonchev–Trinajstić information content (AvgIpc) is 3.36. The lowest BCUT2D eigenvalue weighted by atomic mass is 9.92. The summed E-state index contributed by atoms with van der Waals surface area (Å²) in [6, 6.07) is 8.81. The summed E-state index contributed by atoms with van der Waals surface area (Å²) in [5.41, 5.74) is 3.87. The number of rotatable bonds is 3. The fourth-order valence-electron chi connectivity index (χ4n) is 4.87. The smallest absolute Gasteiger partial charge is 0.285 e. The zero-order valence-electron chi connectivity index (χ0n) is 16.6. The van der Waals surface area contributed by atoms with Gasteiger partial charge in [-0.1, -0.05) is 44.9 Å². The summed E-state index contributed by atoms with van der Waals surface area (Å²) >= 11 is 0. The fourth-order valence-corrected chi connectivity index (χ4v) is 4.87. The summed E-state index contributed by atoms with van der Waals surface area (Å²) in [6.45, 7) is 5.16. The van der Waals surface area contributed by atoms with Gasteiger partial charge in [-0.3, -0.25) is 14.6 Å². The zero-order valence-corrected chi connectivity index (χ0v) is 16.6. The van der Waals surface area contributed by atoms with E-state index in [1.807, 2.05) is 6.07 Å². The van der Waals surface area contributed by atoms with E-state index in [1.54, 1.807) is 0 Å². The molecule has 28 heavy (non-hydrogen) atoms. The molecule has 0 radical (unpaired) electrons. The summed E-state index contributed by atoms with van der Waals surface area (Å²) in [4.78, 5) is 24.5. The van der Waals surface area contributed by atoms with Gasteiger partial charge in [0.25, 0.3) is 5.56 Å². The Morgan fingerprint density at radius 1 is 1.14 bits per heavy atom. The van der Waals surface area contributed by atoms with E-state index in [1.165, 1.54) is 18.4 Å². The van der Waals surface area contributed by atoms with Crippen LogP contribution in [0.1, 0.15) is 69.2 Å². The van der Waals surface area contributed by atoms with Crippen molar-refractivity contribution in [2.24, 2.45) is 0 Å². The van der Waals surface area contributed by atoms with Gasteiger partial charge in [-0.2, -0.15) is 9.97 Å². The first-order valence-electron chi connectivity index (χ1n) is 10.5. The van der Waals surface area contributed by atoms with Gasteiger partial charge in [0, 0.05) is 17.9 Å². The molecule has 0 bridgehead atoms. The Morgan fingerprint density at radius 2 is 1.93 bits per heavy atom. The predicted octanol–water partition coefficient (Wildman–Crippen LogP) is 4.39. The first-order valence-corrected chi connectivity index (χ1v) is 10.5. The largest absolute Gasteiger partial charge is 0.310 e. The Labute approximate surface area is 164 Å². The van der Waals surface area contributed by atoms with E-state index < -0.39 is 0 Å². The highest BCUT2D eigenvalue weighted by molar-refractivity contribution is 5.68. The standard InChI is InChI=1S/C22H27N5O/c1-3-17-19-20(27(25-17)15-8-4-5-9-15)23-22(24-21(19)28)26-13-12-14(2)16-10-6-7-11-18(16)26/h6-7,10-11,14-15,25H,3-5,8-9,12-13H2,1-2H3. The molecule has 0 amide bonds. The molecule has 6 nitrogen and oxygen atoms in total. The molecule has 1 fully saturated rings. The highest BCUT2D eigenvalue weighted by atomic mass is 16.1. The average molecular weight is 377 g/mol. The van der Waals surface area contributed by atoms with Crippen LogP contribution in [0.5, 0.6) is 0 Å². The molecular weight excluding hydrogens is 350 g/mol. The number of fused-ring (bicyclic) bond motifs is 2. The summed E-state index contributed by atoms with van der Waals surface area (Å²) in [5, 5.41) is 3.47. The molecule has 6 heteroatoms. The number of hydrogen-bond acceptors (Lipinski definition) is 4. The van der Waals surface area contributed by atoms with Crippen LogP contribution in [0.2, 0.25) is 0 Å². The molecule has 3 aliphatic heterocycles. The highest BCUT2D eigenvalue weighted by Crippen LogP contribution is 2.39. The second kappa shape index (κ2) is 6.76. The van der Waals surface area contributed by atoms with Gasteiger partial charge in [0.1, 0.15) is 5.56 Å². The minimum Gasteiger partial charge on any atom is -0.310 e. The van der Waals surface area contributed by atoms with Crippen LogP contribution in [-0.2, 0) is 6.42 Å². The van der Waals surface area contributed by atoms with Crippen LogP contribution in [0.3, 0.4) is 0 Å². The Morgan fingerprint density at radius 3 is 2.71 bits per heavy atom. The van der Waals surface area contributed by atoms with E-state index in [2.05, 4.69) is 51.7 Å². The topological polar surface area (TPSA) is 66.8 Å². The van der Waals surface area contributed by atoms with Gasteiger partial charge in [-0.15, -0.1) is 0 Å². The van der Waals surface area contributed by atoms with Crippen LogP contribution in [0.4, 0.5) is 11.6 Å². The Balaban J connectivity index is 1.67. The number of nitrogens with zero attached hydrogens (tertiary/aromatic N) is 4. The molecule has 146 valence electrons. The van der Waals surface area contributed by atoms with Crippen molar-refractivity contribution in [3.63, 3.8) is 0 Å². The molecule has 1 saturated carbocycles. The van der Waals surface area contributed by atoms with Crippen LogP contribution in [0.15, 0.2) is 29.1 Å². The molecule has 4 aliphatic rings. The molecule has 1 N–H and O–H groups in total. The van der Waals surface area contributed by atoms with Crippen molar-refractivity contribution in [2.45, 2.75) is 64.3 Å². The molecule has 0 aromatic heterocycles. The number of para-hydroxylation sites is 1. The van der Waals surface area contributed by atoms with Crippen molar-refractivity contribution in [3.8, 4) is 11.4 Å². The third kappa shape index (κ3) is 2.65. The SMILES string of the molecule is CCc1[nH]n(C2CCCC2)c2nc(N3CCC(C)c4ccccc43)nc(=O)c1-2. The van der Waals surface area contributed by atoms with Crippen molar-refractivity contribution < 1.29 is 0 Å². The van der Waals surface area contributed by atoms with Crippen LogP contribution in [0.25, 0.3) is 11.4 Å². The van der Waals surface area contributed by atoms with E-state index in [0.29, 0.717) is 23.5 Å². The number of hydrogen-bond donors (Lipinski definition) is 1. The van der Waals surface area contributed by atoms with Gasteiger partial charge in [0.05, 0.1) is 6.04 Å². The molecule has 0 saturated heterocycles. The minimum atomic E-state index is -0.166. The summed E-state index contributed by atoms with van der Waals surface area (Å²) in [5.74, 6) is 1.81. The number of H-pyrrole nitrogens is 1. The lowest BCUT2D eigenvalue weighted by molar-refractivity contribution is 0.464. The van der Waals surface area contributed by atoms with Gasteiger partial charge in [-0.05, 0) is 43.2 Å². The monoisotopic (exact) mass is 377 g/mol. The summed E-state index contributed by atoms with van der Waals surface area (Å²) in [7, 11) is 0. The van der Waals surface area contributed by atoms with Gasteiger partial charge >= 0.3 is 0 Å². The molecule has 1 aromatic carbocycles. The Kier molecular flexibility index (Phi) is 4.22. The lowest BCUT2D eigenvalue weighted by Gasteiger charge is -2.33. The number of benzene rings is 1. The third-order valence-electron chi connectivity index (χ3n) is 6.46. The third-order valence-corrected chi connectivity index (χ3v) is 6.46. The Hall–Kier alpha value is -2.63. The van der Waals surface area contributed by atoms with Crippen molar-refractivity contribution in [1.82, 2.24) is 19.7 Å². The molecule has 1 aromatic rings. The maximum atomic E-state index is 13.0. The molecule has 3 heterocycles. The molecule has 1 unspecified atom stereocenters. The van der Waals surface area contributed by atoms with Crippen LogP contribution in [-0.4, -0.2) is 26.3 Å². The van der Waals surface area contributed by atoms with Gasteiger partial charge in [0.2, 0.25) is 5.95 Å². The van der Waals surface area contributed by atoms with E-state index in [9.17, 15) is 4.79 Å². The van der Waals surface area contributed by atoms with Crippen molar-refractivity contribution in [3.05, 3.63) is 45.9 Å². The van der Waals surface area contributed by atoms with E-state index in [4.69, 9.17) is 4.98 Å². The maximum absolute atomic E-state index is 13.0. The van der Waals surface area contributed by atoms with Gasteiger partial charge in [-0.25, -0.2) is 0 Å². The second-order valence-electron chi connectivity index (χ2n) is 8.18. The molecule has 0 spiro atoms. The normalized spacial score (nSPS) is 20.1. The minimum absolute atomic E-state index is 0.166. The molecule has 1 aliphatic carbocycles. The van der Waals surface area contributed by atoms with E-state index in [-0.39, 0.29) is 5.56 Å². The molecular formula is C22H27N5O. The zero-order chi connectivity index (χ0) is 19.3. The predicted molar refractivity (Wildman–Crippen MR) is 111 cm³/mol. The number of aromatic amines is 1. The van der Waals surface area contributed by atoms with Crippen LogP contribution in [0, 0.1) is 0 Å². The maximum Gasteiger partial charge on any atom is 0.285 e. The molecule has 5 rings (SSSR count). The number of aromatic nitrogens is 4. The van der Waals surface area contributed by atoms with Gasteiger partial charge in [0.15, 0.2) is 5.82 Å². The molecule has 1 atom stereocenters. The number of aryl methyl sites for hydroxylation is 1. The summed E-state index contributed by atoms with van der Waals surface area (Å²) < 4.78 is 2.15. The Bertz CT molecular complexity index is 1030. The van der Waals surface area contributed by atoms with Crippen LogP contribution < -0.4 is 10.5 Å². The van der Waals surface area contributed by atoms with E-state index >= 15 is 0 Å². The van der Waals surface area contributed by atoms with Crippen molar-refractivity contribution in [1.29, 1.82) is 0 Å². The second-order valence-corrected chi connectivity index (χ2v) is 8.18. The first-order chi connectivity index (χ1) is 13.7. The van der Waals surface area contributed by atoms with Crippen molar-refractivity contribution >= 4 is 11.6 Å². The highest BCUT2D eigenvalue weighted by Gasteiger charge is 2.30. The summed E-state index contributed by atoms with van der Waals surface area (Å²) in [6.07, 6.45) is 6.56. The number of anilines is 2. The quantitative estimate of drug-likeness (QED) is 0.735. The fraction of sp³-hybridized carbons (Fsp3) is 0.500. The lowest BCUT2D eigenvalue weighted by Crippen LogP contribution is -2.30. The first kappa shape index (κ1) is 17.5. The van der Waals surface area contributed by atoms with Crippen LogP contribution >= 0.6 is 0 Å². The van der Waals surface area contributed by atoms with Crippen molar-refractivity contribution in [2.75, 3.05) is 11.4 Å².